The zero-order chi connectivity index (χ0) is 27.0. The number of hydrogen-bond donors (Lipinski definition) is 2. The molecular formula is C28H27N5O5S. The first-order chi connectivity index (χ1) is 18.9. The number of carbonyl (C=O) groups is 2. The molecule has 2 aromatic carbocycles. The average molecular weight is 546 g/mol. The molecule has 0 bridgehead atoms. The van der Waals surface area contributed by atoms with E-state index in [1.807, 2.05) is 36.6 Å². The lowest BCUT2D eigenvalue weighted by Crippen LogP contribution is -2.29. The van der Waals surface area contributed by atoms with E-state index in [0.29, 0.717) is 29.5 Å². The number of rotatable bonds is 8. The van der Waals surface area contributed by atoms with E-state index in [9.17, 15) is 14.7 Å². The Morgan fingerprint density at radius 1 is 1.03 bits per heavy atom. The fourth-order valence-corrected chi connectivity index (χ4v) is 5.29. The molecule has 39 heavy (non-hydrogen) atoms. The maximum Gasteiger partial charge on any atom is 0.348 e. The highest BCUT2D eigenvalue weighted by atomic mass is 32.1. The number of fused-ring (bicyclic) bond motifs is 1. The van der Waals surface area contributed by atoms with E-state index in [0.717, 1.165) is 48.7 Å². The molecule has 0 spiro atoms. The molecule has 0 atom stereocenters. The van der Waals surface area contributed by atoms with Gasteiger partial charge in [-0.05, 0) is 56.2 Å². The van der Waals surface area contributed by atoms with Crippen LogP contribution in [0.1, 0.15) is 54.0 Å². The summed E-state index contributed by atoms with van der Waals surface area (Å²) in [5.41, 5.74) is 0.742. The third kappa shape index (κ3) is 5.35. The Kier molecular flexibility index (Phi) is 6.51. The normalized spacial score (nSPS) is 15.6. The average Bonchev–Trinajstić information content (AvgIpc) is 3.52. The van der Waals surface area contributed by atoms with Gasteiger partial charge in [0.1, 0.15) is 23.1 Å². The number of benzene rings is 2. The zero-order valence-corrected chi connectivity index (χ0v) is 22.2. The number of hydrogen-bond acceptors (Lipinski definition) is 8. The Morgan fingerprint density at radius 3 is 2.54 bits per heavy atom. The van der Waals surface area contributed by atoms with Crippen LogP contribution >= 0.6 is 11.3 Å². The van der Waals surface area contributed by atoms with E-state index >= 15 is 0 Å². The van der Waals surface area contributed by atoms with Gasteiger partial charge < -0.3 is 19.1 Å². The smallest absolute Gasteiger partial charge is 0.348 e. The lowest BCUT2D eigenvalue weighted by Gasteiger charge is -2.16. The first-order valence-electron chi connectivity index (χ1n) is 12.9. The molecule has 0 saturated heterocycles. The Balaban J connectivity index is 1.25. The molecule has 3 heterocycles. The molecule has 1 amide bonds. The molecule has 1 fully saturated rings. The van der Waals surface area contributed by atoms with Gasteiger partial charge in [-0.15, -0.1) is 21.5 Å². The van der Waals surface area contributed by atoms with Gasteiger partial charge in [0.25, 0.3) is 5.91 Å². The largest absolute Gasteiger partial charge is 0.478 e. The van der Waals surface area contributed by atoms with Crippen LogP contribution in [-0.4, -0.2) is 42.3 Å². The van der Waals surface area contributed by atoms with Gasteiger partial charge in [0.15, 0.2) is 11.0 Å². The SMILES string of the molecule is Cc1csc(NC(=O)c2cc(Oc3ccc(-c4nnc5n4CCCCC5)cc3)cc(OC3(C(=O)O)CC3)c2)n1. The van der Waals surface area contributed by atoms with Crippen LogP contribution in [0.4, 0.5) is 5.13 Å². The first kappa shape index (κ1) is 25.1. The molecule has 200 valence electrons. The molecule has 1 saturated carbocycles. The minimum Gasteiger partial charge on any atom is -0.478 e. The predicted molar refractivity (Wildman–Crippen MR) is 145 cm³/mol. The van der Waals surface area contributed by atoms with Crippen LogP contribution in [-0.2, 0) is 17.8 Å². The molecule has 4 aromatic rings. The fourth-order valence-electron chi connectivity index (χ4n) is 4.61. The molecular weight excluding hydrogens is 518 g/mol. The standard InChI is InChI=1S/C28H27N5O5S/c1-17-16-39-27(29-17)30-25(34)19-13-21(15-22(14-19)38-28(10-11-28)26(35)36)37-20-8-6-18(7-9-20)24-32-31-23-5-3-2-4-12-33(23)24/h6-9,13-16H,2-5,10-12H2,1H3,(H,35,36)(H,29,30,34). The van der Waals surface area contributed by atoms with Crippen molar-refractivity contribution in [3.05, 3.63) is 64.9 Å². The van der Waals surface area contributed by atoms with Crippen molar-refractivity contribution in [1.29, 1.82) is 0 Å². The van der Waals surface area contributed by atoms with Gasteiger partial charge >= 0.3 is 5.97 Å². The Morgan fingerprint density at radius 2 is 1.82 bits per heavy atom. The van der Waals surface area contributed by atoms with E-state index in [1.165, 1.54) is 23.8 Å². The van der Waals surface area contributed by atoms with Crippen LogP contribution in [0.2, 0.25) is 0 Å². The lowest BCUT2D eigenvalue weighted by molar-refractivity contribution is -0.147. The molecule has 6 rings (SSSR count). The number of nitrogens with zero attached hydrogens (tertiary/aromatic N) is 4. The summed E-state index contributed by atoms with van der Waals surface area (Å²) in [4.78, 5) is 29.0. The van der Waals surface area contributed by atoms with E-state index in [2.05, 4.69) is 25.1 Å². The Hall–Kier alpha value is -4.25. The maximum atomic E-state index is 13.0. The molecule has 0 unspecified atom stereocenters. The second-order valence-electron chi connectivity index (χ2n) is 9.87. The van der Waals surface area contributed by atoms with E-state index in [4.69, 9.17) is 9.47 Å². The lowest BCUT2D eigenvalue weighted by atomic mass is 10.1. The number of aliphatic carboxylic acids is 1. The summed E-state index contributed by atoms with van der Waals surface area (Å²) in [7, 11) is 0. The number of carboxylic acids is 1. The molecule has 2 aliphatic rings. The monoisotopic (exact) mass is 545 g/mol. The summed E-state index contributed by atoms with van der Waals surface area (Å²) in [6.45, 7) is 2.75. The topological polar surface area (TPSA) is 128 Å². The van der Waals surface area contributed by atoms with Crippen molar-refractivity contribution in [3.8, 4) is 28.6 Å². The molecule has 1 aliphatic carbocycles. The van der Waals surface area contributed by atoms with Crippen LogP contribution in [0, 0.1) is 6.92 Å². The van der Waals surface area contributed by atoms with Gasteiger partial charge in [-0.2, -0.15) is 0 Å². The van der Waals surface area contributed by atoms with Gasteiger partial charge in [-0.25, -0.2) is 9.78 Å². The van der Waals surface area contributed by atoms with E-state index in [1.54, 1.807) is 12.1 Å². The number of nitrogens with one attached hydrogen (secondary N) is 1. The number of carbonyl (C=O) groups excluding carboxylic acids is 1. The van der Waals surface area contributed by atoms with Crippen LogP contribution in [0.15, 0.2) is 47.8 Å². The highest BCUT2D eigenvalue weighted by Crippen LogP contribution is 2.42. The molecule has 1 aliphatic heterocycles. The van der Waals surface area contributed by atoms with E-state index in [-0.39, 0.29) is 11.3 Å². The van der Waals surface area contributed by atoms with Gasteiger partial charge in [0.05, 0.1) is 5.69 Å². The van der Waals surface area contributed by atoms with Crippen LogP contribution in [0.3, 0.4) is 0 Å². The van der Waals surface area contributed by atoms with Crippen molar-refractivity contribution in [2.45, 2.75) is 57.6 Å². The molecule has 11 heteroatoms. The molecule has 10 nitrogen and oxygen atoms in total. The van der Waals surface area contributed by atoms with Crippen molar-refractivity contribution >= 4 is 28.3 Å². The third-order valence-electron chi connectivity index (χ3n) is 6.85. The van der Waals surface area contributed by atoms with Crippen molar-refractivity contribution in [2.24, 2.45) is 0 Å². The minimum atomic E-state index is -1.27. The summed E-state index contributed by atoms with van der Waals surface area (Å²) in [5.74, 6) is 1.58. The first-order valence-corrected chi connectivity index (χ1v) is 13.8. The fraction of sp³-hybridized carbons (Fsp3) is 0.321. The quantitative estimate of drug-likeness (QED) is 0.298. The maximum absolute atomic E-state index is 13.0. The van der Waals surface area contributed by atoms with Crippen LogP contribution < -0.4 is 14.8 Å². The van der Waals surface area contributed by atoms with Gasteiger partial charge in [0, 0.05) is 48.4 Å². The van der Waals surface area contributed by atoms with Gasteiger partial charge in [-0.1, -0.05) is 6.42 Å². The Labute approximate surface area is 228 Å². The van der Waals surface area contributed by atoms with Crippen molar-refractivity contribution in [1.82, 2.24) is 19.7 Å². The summed E-state index contributed by atoms with van der Waals surface area (Å²) in [6, 6.07) is 12.2. The van der Waals surface area contributed by atoms with Gasteiger partial charge in [0.2, 0.25) is 5.60 Å². The highest BCUT2D eigenvalue weighted by molar-refractivity contribution is 7.13. The number of carboxylic acid groups (broad SMARTS) is 1. The molecule has 0 radical (unpaired) electrons. The number of anilines is 1. The summed E-state index contributed by atoms with van der Waals surface area (Å²) in [6.07, 6.45) is 5.18. The number of aromatic nitrogens is 4. The number of ether oxygens (including phenoxy) is 2. The van der Waals surface area contributed by atoms with E-state index < -0.39 is 17.5 Å². The summed E-state index contributed by atoms with van der Waals surface area (Å²) < 4.78 is 14.1. The predicted octanol–water partition coefficient (Wildman–Crippen LogP) is 5.48. The zero-order valence-electron chi connectivity index (χ0n) is 21.3. The molecule has 2 N–H and O–H groups in total. The number of aryl methyl sites for hydroxylation is 2. The molecule has 2 aromatic heterocycles. The van der Waals surface area contributed by atoms with Crippen molar-refractivity contribution in [2.75, 3.05) is 5.32 Å². The second-order valence-corrected chi connectivity index (χ2v) is 10.7. The second kappa shape index (κ2) is 10.1. The number of amides is 1. The third-order valence-corrected chi connectivity index (χ3v) is 7.72. The van der Waals surface area contributed by atoms with Gasteiger partial charge in [-0.3, -0.25) is 10.1 Å². The summed E-state index contributed by atoms with van der Waals surface area (Å²) >= 11 is 1.32. The minimum absolute atomic E-state index is 0.246. The number of thiazole rings is 1. The van der Waals surface area contributed by atoms with Crippen molar-refractivity contribution in [3.63, 3.8) is 0 Å². The summed E-state index contributed by atoms with van der Waals surface area (Å²) in [5, 5.41) is 23.5. The van der Waals surface area contributed by atoms with Crippen molar-refractivity contribution < 1.29 is 24.2 Å². The Bertz CT molecular complexity index is 1540. The van der Waals surface area contributed by atoms with Crippen LogP contribution in [0.5, 0.6) is 17.2 Å². The highest BCUT2D eigenvalue weighted by Gasteiger charge is 2.53. The van der Waals surface area contributed by atoms with Crippen LogP contribution in [0.25, 0.3) is 11.4 Å².